The largest absolute Gasteiger partial charge is 0.303 e. The Bertz CT molecular complexity index is 291. The molecule has 2 atom stereocenters. The molecule has 1 saturated carbocycles. The van der Waals surface area contributed by atoms with Gasteiger partial charge in [-0.1, -0.05) is 28.1 Å². The predicted octanol–water partition coefficient (Wildman–Crippen LogP) is 2.75. The van der Waals surface area contributed by atoms with Crippen LogP contribution in [-0.2, 0) is 4.79 Å². The highest BCUT2D eigenvalue weighted by molar-refractivity contribution is 9.10. The minimum absolute atomic E-state index is 0.283. The molecule has 0 aromatic heterocycles. The topological polar surface area (TPSA) is 17.1 Å². The molecular weight excluding hydrogens is 216 g/mol. The van der Waals surface area contributed by atoms with Crippen LogP contribution in [-0.4, -0.2) is 6.29 Å². The Balaban J connectivity index is 2.15. The van der Waals surface area contributed by atoms with Gasteiger partial charge in [-0.25, -0.2) is 0 Å². The minimum atomic E-state index is 0.283. The Morgan fingerprint density at radius 2 is 2.00 bits per heavy atom. The van der Waals surface area contributed by atoms with E-state index in [-0.39, 0.29) is 5.92 Å². The normalized spacial score (nSPS) is 26.8. The van der Waals surface area contributed by atoms with E-state index in [1.54, 1.807) is 0 Å². The van der Waals surface area contributed by atoms with Gasteiger partial charge in [-0.2, -0.15) is 0 Å². The molecule has 1 aliphatic carbocycles. The van der Waals surface area contributed by atoms with Gasteiger partial charge in [0, 0.05) is 10.4 Å². The van der Waals surface area contributed by atoms with Gasteiger partial charge in [-0.3, -0.25) is 0 Å². The molecule has 0 radical (unpaired) electrons. The van der Waals surface area contributed by atoms with Gasteiger partial charge in [0.1, 0.15) is 6.29 Å². The highest BCUT2D eigenvalue weighted by Gasteiger charge is 2.37. The SMILES string of the molecule is O=C[C@H]1C[C@H]1c1ccc(Br)cc1. The monoisotopic (exact) mass is 224 g/mol. The van der Waals surface area contributed by atoms with Crippen LogP contribution in [0.1, 0.15) is 17.9 Å². The van der Waals surface area contributed by atoms with E-state index in [4.69, 9.17) is 0 Å². The molecule has 1 fully saturated rings. The molecule has 1 nitrogen and oxygen atoms in total. The van der Waals surface area contributed by atoms with E-state index in [2.05, 4.69) is 28.1 Å². The van der Waals surface area contributed by atoms with Gasteiger partial charge < -0.3 is 4.79 Å². The molecule has 0 aliphatic heterocycles. The Morgan fingerprint density at radius 1 is 1.33 bits per heavy atom. The molecule has 2 rings (SSSR count). The number of rotatable bonds is 2. The van der Waals surface area contributed by atoms with Gasteiger partial charge in [0.05, 0.1) is 0 Å². The average Bonchev–Trinajstić information content (AvgIpc) is 2.85. The molecule has 0 N–H and O–H groups in total. The Kier molecular flexibility index (Phi) is 2.01. The van der Waals surface area contributed by atoms with Crippen molar-refractivity contribution in [3.8, 4) is 0 Å². The van der Waals surface area contributed by atoms with E-state index in [1.165, 1.54) is 5.56 Å². The highest BCUT2D eigenvalue weighted by Crippen LogP contribution is 2.45. The fourth-order valence-corrected chi connectivity index (χ4v) is 1.72. The van der Waals surface area contributed by atoms with Crippen LogP contribution in [0.15, 0.2) is 28.7 Å². The van der Waals surface area contributed by atoms with E-state index in [0.29, 0.717) is 5.92 Å². The fraction of sp³-hybridized carbons (Fsp3) is 0.300. The van der Waals surface area contributed by atoms with Crippen molar-refractivity contribution in [2.45, 2.75) is 12.3 Å². The molecular formula is C10H9BrO. The standard InChI is InChI=1S/C10H9BrO/c11-9-3-1-7(2-4-9)10-5-8(10)6-12/h1-4,6,8,10H,5H2/t8-,10+/m1/s1. The number of carbonyl (C=O) groups is 1. The molecule has 2 heteroatoms. The summed E-state index contributed by atoms with van der Waals surface area (Å²) in [4.78, 5) is 10.4. The third-order valence-corrected chi connectivity index (χ3v) is 2.84. The molecule has 0 unspecified atom stereocenters. The van der Waals surface area contributed by atoms with Gasteiger partial charge in [0.2, 0.25) is 0 Å². The predicted molar refractivity (Wildman–Crippen MR) is 51.1 cm³/mol. The molecule has 62 valence electrons. The van der Waals surface area contributed by atoms with E-state index in [1.807, 2.05) is 12.1 Å². The van der Waals surface area contributed by atoms with Crippen LogP contribution in [0.2, 0.25) is 0 Å². The van der Waals surface area contributed by atoms with Crippen LogP contribution in [0.3, 0.4) is 0 Å². The number of hydrogen-bond acceptors (Lipinski definition) is 1. The van der Waals surface area contributed by atoms with Crippen molar-refractivity contribution in [2.24, 2.45) is 5.92 Å². The lowest BCUT2D eigenvalue weighted by Gasteiger charge is -1.96. The summed E-state index contributed by atoms with van der Waals surface area (Å²) >= 11 is 3.38. The fourth-order valence-electron chi connectivity index (χ4n) is 1.46. The third-order valence-electron chi connectivity index (χ3n) is 2.31. The molecule has 0 saturated heterocycles. The van der Waals surface area contributed by atoms with Crippen molar-refractivity contribution in [1.82, 2.24) is 0 Å². The van der Waals surface area contributed by atoms with Gasteiger partial charge in [0.25, 0.3) is 0 Å². The summed E-state index contributed by atoms with van der Waals surface area (Å²) in [6.45, 7) is 0. The number of halogens is 1. The van der Waals surface area contributed by atoms with E-state index < -0.39 is 0 Å². The van der Waals surface area contributed by atoms with Crippen LogP contribution in [0.4, 0.5) is 0 Å². The summed E-state index contributed by atoms with van der Waals surface area (Å²) in [5.74, 6) is 0.779. The molecule has 0 spiro atoms. The summed E-state index contributed by atoms with van der Waals surface area (Å²) < 4.78 is 1.09. The first-order valence-corrected chi connectivity index (χ1v) is 4.81. The van der Waals surface area contributed by atoms with Gasteiger partial charge in [-0.15, -0.1) is 0 Å². The third kappa shape index (κ3) is 1.44. The molecule has 1 aromatic rings. The highest BCUT2D eigenvalue weighted by atomic mass is 79.9. The smallest absolute Gasteiger partial charge is 0.123 e. The second kappa shape index (κ2) is 3.02. The maximum Gasteiger partial charge on any atom is 0.123 e. The zero-order valence-electron chi connectivity index (χ0n) is 6.53. The lowest BCUT2D eigenvalue weighted by Crippen LogP contribution is -1.83. The van der Waals surface area contributed by atoms with Crippen molar-refractivity contribution >= 4 is 22.2 Å². The molecule has 1 aliphatic rings. The van der Waals surface area contributed by atoms with E-state index in [9.17, 15) is 4.79 Å². The van der Waals surface area contributed by atoms with E-state index in [0.717, 1.165) is 17.2 Å². The van der Waals surface area contributed by atoms with Crippen LogP contribution < -0.4 is 0 Å². The van der Waals surface area contributed by atoms with Crippen molar-refractivity contribution in [2.75, 3.05) is 0 Å². The first-order chi connectivity index (χ1) is 5.81. The maximum atomic E-state index is 10.4. The van der Waals surface area contributed by atoms with Crippen molar-refractivity contribution in [1.29, 1.82) is 0 Å². The van der Waals surface area contributed by atoms with Crippen molar-refractivity contribution in [3.05, 3.63) is 34.3 Å². The number of carbonyl (C=O) groups excluding carboxylic acids is 1. The van der Waals surface area contributed by atoms with Gasteiger partial charge >= 0.3 is 0 Å². The second-order valence-corrected chi connectivity index (χ2v) is 4.11. The Hall–Kier alpha value is -0.630. The van der Waals surface area contributed by atoms with Crippen LogP contribution in [0.25, 0.3) is 0 Å². The number of aldehydes is 1. The van der Waals surface area contributed by atoms with Crippen molar-refractivity contribution in [3.63, 3.8) is 0 Å². The lowest BCUT2D eigenvalue weighted by atomic mass is 10.1. The quantitative estimate of drug-likeness (QED) is 0.707. The summed E-state index contributed by atoms with van der Waals surface area (Å²) in [7, 11) is 0. The average molecular weight is 225 g/mol. The molecule has 0 amide bonds. The summed E-state index contributed by atoms with van der Waals surface area (Å²) in [5, 5.41) is 0. The zero-order valence-corrected chi connectivity index (χ0v) is 8.12. The lowest BCUT2D eigenvalue weighted by molar-refractivity contribution is -0.108. The first kappa shape index (κ1) is 7.99. The number of benzene rings is 1. The van der Waals surface area contributed by atoms with Crippen LogP contribution in [0.5, 0.6) is 0 Å². The molecule has 12 heavy (non-hydrogen) atoms. The maximum absolute atomic E-state index is 10.4. The summed E-state index contributed by atoms with van der Waals surface area (Å²) in [6.07, 6.45) is 2.10. The molecule has 0 heterocycles. The molecule has 0 bridgehead atoms. The number of hydrogen-bond donors (Lipinski definition) is 0. The summed E-state index contributed by atoms with van der Waals surface area (Å²) in [5.41, 5.74) is 1.29. The van der Waals surface area contributed by atoms with E-state index >= 15 is 0 Å². The van der Waals surface area contributed by atoms with Gasteiger partial charge in [0.15, 0.2) is 0 Å². The minimum Gasteiger partial charge on any atom is -0.303 e. The molecule has 1 aromatic carbocycles. The first-order valence-electron chi connectivity index (χ1n) is 4.02. The second-order valence-electron chi connectivity index (χ2n) is 3.19. The Labute approximate surface area is 79.9 Å². The van der Waals surface area contributed by atoms with Gasteiger partial charge in [-0.05, 0) is 30.0 Å². The zero-order chi connectivity index (χ0) is 8.55. The Morgan fingerprint density at radius 3 is 2.50 bits per heavy atom. The van der Waals surface area contributed by atoms with Crippen LogP contribution in [0, 0.1) is 5.92 Å². The summed E-state index contributed by atoms with van der Waals surface area (Å²) in [6, 6.07) is 8.21. The van der Waals surface area contributed by atoms with Crippen LogP contribution >= 0.6 is 15.9 Å². The van der Waals surface area contributed by atoms with Crippen molar-refractivity contribution < 1.29 is 4.79 Å².